The fourth-order valence-corrected chi connectivity index (χ4v) is 3.23. The van der Waals surface area contributed by atoms with E-state index >= 15 is 0 Å². The van der Waals surface area contributed by atoms with Crippen molar-refractivity contribution in [2.75, 3.05) is 7.11 Å². The maximum absolute atomic E-state index is 11.4. The second kappa shape index (κ2) is 13.9. The molecule has 0 amide bonds. The van der Waals surface area contributed by atoms with Crippen molar-refractivity contribution in [2.45, 2.75) is 90.1 Å². The maximum atomic E-state index is 11.4. The van der Waals surface area contributed by atoms with Crippen molar-refractivity contribution in [3.63, 3.8) is 0 Å². The molecule has 0 aromatic heterocycles. The van der Waals surface area contributed by atoms with Crippen molar-refractivity contribution >= 4 is 5.97 Å². The van der Waals surface area contributed by atoms with E-state index in [4.69, 9.17) is 0 Å². The van der Waals surface area contributed by atoms with E-state index in [2.05, 4.69) is 17.7 Å². The fraction of sp³-hybridized carbons (Fsp3) is 0.682. The van der Waals surface area contributed by atoms with Crippen LogP contribution in [0.3, 0.4) is 0 Å². The molecule has 3 nitrogen and oxygen atoms in total. The fourth-order valence-electron chi connectivity index (χ4n) is 3.23. The van der Waals surface area contributed by atoms with Gasteiger partial charge >= 0.3 is 5.97 Å². The van der Waals surface area contributed by atoms with Gasteiger partial charge in [0.2, 0.25) is 0 Å². The van der Waals surface area contributed by atoms with Gasteiger partial charge in [0.1, 0.15) is 0 Å². The molecule has 0 bridgehead atoms. The summed E-state index contributed by atoms with van der Waals surface area (Å²) in [6.07, 6.45) is 13.6. The SMILES string of the molecule is CCCCCCCCCCCCc1ccccc1CC(O)C(=O)OC. The maximum Gasteiger partial charge on any atom is 0.335 e. The summed E-state index contributed by atoms with van der Waals surface area (Å²) < 4.78 is 4.60. The lowest BCUT2D eigenvalue weighted by atomic mass is 9.96. The summed E-state index contributed by atoms with van der Waals surface area (Å²) in [5.74, 6) is -0.561. The van der Waals surface area contributed by atoms with Crippen molar-refractivity contribution in [2.24, 2.45) is 0 Å². The molecule has 142 valence electrons. The number of hydrogen-bond donors (Lipinski definition) is 1. The number of carbonyl (C=O) groups excluding carboxylic acids is 1. The van der Waals surface area contributed by atoms with Crippen LogP contribution >= 0.6 is 0 Å². The van der Waals surface area contributed by atoms with Crippen LogP contribution in [0, 0.1) is 0 Å². The number of methoxy groups -OCH3 is 1. The molecule has 0 aliphatic heterocycles. The topological polar surface area (TPSA) is 46.5 Å². The van der Waals surface area contributed by atoms with E-state index in [9.17, 15) is 9.90 Å². The molecule has 0 saturated carbocycles. The third-order valence-corrected chi connectivity index (χ3v) is 4.80. The number of ether oxygens (including phenoxy) is 1. The minimum Gasteiger partial charge on any atom is -0.467 e. The van der Waals surface area contributed by atoms with Crippen LogP contribution in [0.5, 0.6) is 0 Å². The Morgan fingerprint density at radius 3 is 2.00 bits per heavy atom. The Labute approximate surface area is 153 Å². The standard InChI is InChI=1S/C22H36O3/c1-3-4-5-6-7-8-9-10-11-12-15-19-16-13-14-17-20(19)18-21(23)22(24)25-2/h13-14,16-17,21,23H,3-12,15,18H2,1-2H3. The molecule has 0 aliphatic carbocycles. The van der Waals surface area contributed by atoms with Crippen LogP contribution in [0.1, 0.15) is 82.3 Å². The Bertz CT molecular complexity index is 470. The molecule has 1 rings (SSSR count). The van der Waals surface area contributed by atoms with Gasteiger partial charge in [-0.05, 0) is 24.0 Å². The third kappa shape index (κ3) is 9.64. The van der Waals surface area contributed by atoms with E-state index in [-0.39, 0.29) is 0 Å². The molecule has 1 N–H and O–H groups in total. The van der Waals surface area contributed by atoms with Crippen LogP contribution in [-0.2, 0) is 22.4 Å². The molecule has 3 heteroatoms. The highest BCUT2D eigenvalue weighted by molar-refractivity contribution is 5.74. The van der Waals surface area contributed by atoms with Gasteiger partial charge in [-0.1, -0.05) is 89.0 Å². The van der Waals surface area contributed by atoms with E-state index in [1.807, 2.05) is 18.2 Å². The van der Waals surface area contributed by atoms with Gasteiger partial charge < -0.3 is 9.84 Å². The predicted octanol–water partition coefficient (Wildman–Crippen LogP) is 5.23. The lowest BCUT2D eigenvalue weighted by Gasteiger charge is -2.12. The van der Waals surface area contributed by atoms with E-state index < -0.39 is 12.1 Å². The van der Waals surface area contributed by atoms with Crippen molar-refractivity contribution in [1.82, 2.24) is 0 Å². The Kier molecular flexibility index (Phi) is 12.0. The third-order valence-electron chi connectivity index (χ3n) is 4.80. The van der Waals surface area contributed by atoms with Gasteiger partial charge in [-0.25, -0.2) is 4.79 Å². The molecule has 1 aromatic carbocycles. The number of aliphatic hydroxyl groups excluding tert-OH is 1. The first-order valence-electron chi connectivity index (χ1n) is 10.0. The average molecular weight is 349 g/mol. The van der Waals surface area contributed by atoms with Gasteiger partial charge in [-0.15, -0.1) is 0 Å². The average Bonchev–Trinajstić information content (AvgIpc) is 2.63. The van der Waals surface area contributed by atoms with E-state index in [1.165, 1.54) is 76.9 Å². The van der Waals surface area contributed by atoms with E-state index in [0.717, 1.165) is 12.0 Å². The zero-order valence-corrected chi connectivity index (χ0v) is 16.1. The van der Waals surface area contributed by atoms with Gasteiger partial charge in [0, 0.05) is 6.42 Å². The molecule has 0 spiro atoms. The van der Waals surface area contributed by atoms with Gasteiger partial charge in [0.05, 0.1) is 7.11 Å². The van der Waals surface area contributed by atoms with Gasteiger partial charge in [0.15, 0.2) is 6.10 Å². The minimum absolute atomic E-state index is 0.334. The summed E-state index contributed by atoms with van der Waals surface area (Å²) in [6, 6.07) is 8.09. The summed E-state index contributed by atoms with van der Waals surface area (Å²) in [6.45, 7) is 2.26. The first-order chi connectivity index (χ1) is 12.2. The molecule has 0 radical (unpaired) electrons. The highest BCUT2D eigenvalue weighted by Gasteiger charge is 2.17. The molecular formula is C22H36O3. The first-order valence-corrected chi connectivity index (χ1v) is 10.0. The lowest BCUT2D eigenvalue weighted by Crippen LogP contribution is -2.24. The minimum atomic E-state index is -1.07. The van der Waals surface area contributed by atoms with Gasteiger partial charge in [-0.3, -0.25) is 0 Å². The number of benzene rings is 1. The smallest absolute Gasteiger partial charge is 0.335 e. The lowest BCUT2D eigenvalue weighted by molar-refractivity contribution is -0.150. The molecule has 0 heterocycles. The van der Waals surface area contributed by atoms with Crippen molar-refractivity contribution in [1.29, 1.82) is 0 Å². The van der Waals surface area contributed by atoms with Crippen LogP contribution in [0.15, 0.2) is 24.3 Å². The molecule has 1 aromatic rings. The number of carbonyl (C=O) groups is 1. The highest BCUT2D eigenvalue weighted by Crippen LogP contribution is 2.16. The second-order valence-corrected chi connectivity index (χ2v) is 6.94. The Balaban J connectivity index is 2.21. The summed E-state index contributed by atoms with van der Waals surface area (Å²) >= 11 is 0. The van der Waals surface area contributed by atoms with Crippen molar-refractivity contribution < 1.29 is 14.6 Å². The quantitative estimate of drug-likeness (QED) is 0.370. The van der Waals surface area contributed by atoms with Crippen molar-refractivity contribution in [3.8, 4) is 0 Å². The molecule has 25 heavy (non-hydrogen) atoms. The zero-order valence-electron chi connectivity index (χ0n) is 16.1. The molecule has 1 atom stereocenters. The number of rotatable bonds is 14. The normalized spacial score (nSPS) is 12.1. The van der Waals surface area contributed by atoms with Crippen molar-refractivity contribution in [3.05, 3.63) is 35.4 Å². The summed E-state index contributed by atoms with van der Waals surface area (Å²) in [7, 11) is 1.31. The highest BCUT2D eigenvalue weighted by atomic mass is 16.5. The van der Waals surface area contributed by atoms with Crippen LogP contribution in [0.25, 0.3) is 0 Å². The second-order valence-electron chi connectivity index (χ2n) is 6.94. The molecular weight excluding hydrogens is 312 g/mol. The van der Waals surface area contributed by atoms with E-state index in [1.54, 1.807) is 0 Å². The number of hydrogen-bond acceptors (Lipinski definition) is 3. The van der Waals surface area contributed by atoms with Crippen LogP contribution in [-0.4, -0.2) is 24.3 Å². The van der Waals surface area contributed by atoms with Crippen LogP contribution < -0.4 is 0 Å². The van der Waals surface area contributed by atoms with E-state index in [0.29, 0.717) is 6.42 Å². The van der Waals surface area contributed by atoms with Gasteiger partial charge in [0.25, 0.3) is 0 Å². The number of aliphatic hydroxyl groups is 1. The number of unbranched alkanes of at least 4 members (excludes halogenated alkanes) is 9. The predicted molar refractivity (Wildman–Crippen MR) is 104 cm³/mol. The number of aryl methyl sites for hydroxylation is 1. The molecule has 0 aliphatic rings. The zero-order chi connectivity index (χ0) is 18.3. The molecule has 0 saturated heterocycles. The Morgan fingerprint density at radius 2 is 1.44 bits per heavy atom. The first kappa shape index (κ1) is 21.7. The van der Waals surface area contributed by atoms with Crippen LogP contribution in [0.4, 0.5) is 0 Å². The molecule has 1 unspecified atom stereocenters. The largest absolute Gasteiger partial charge is 0.467 e. The van der Waals surface area contributed by atoms with Gasteiger partial charge in [-0.2, -0.15) is 0 Å². The molecule has 0 fully saturated rings. The number of esters is 1. The Hall–Kier alpha value is -1.35. The Morgan fingerprint density at radius 1 is 0.920 bits per heavy atom. The summed E-state index contributed by atoms with van der Waals surface area (Å²) in [5.41, 5.74) is 2.29. The monoisotopic (exact) mass is 348 g/mol. The summed E-state index contributed by atoms with van der Waals surface area (Å²) in [5, 5.41) is 9.87. The van der Waals surface area contributed by atoms with Crippen LogP contribution in [0.2, 0.25) is 0 Å². The summed E-state index contributed by atoms with van der Waals surface area (Å²) in [4.78, 5) is 11.4.